The van der Waals surface area contributed by atoms with Gasteiger partial charge in [0.2, 0.25) is 0 Å². The first kappa shape index (κ1) is 22.0. The Hall–Kier alpha value is -2.29. The van der Waals surface area contributed by atoms with Crippen LogP contribution in [0.1, 0.15) is 74.3 Å². The summed E-state index contributed by atoms with van der Waals surface area (Å²) in [5, 5.41) is 10.0. The van der Waals surface area contributed by atoms with Crippen molar-refractivity contribution in [3.05, 3.63) is 58.1 Å². The number of phenolic OH excluding ortho intramolecular Hbond substituents is 1. The SMILES string of the molecule is CCC(C)CC(=O)COc1cc(C)c(Cc2ccc(O)c(C(C)C)c2)c(C)c1. The highest BCUT2D eigenvalue weighted by Gasteiger charge is 2.12. The molecule has 2 aromatic rings. The van der Waals surface area contributed by atoms with Crippen LogP contribution >= 0.6 is 0 Å². The Bertz CT molecular complexity index is 798. The number of benzene rings is 2. The number of Topliss-reactive ketones (excluding diaryl/α,β-unsaturated/α-hetero) is 1. The molecular formula is C25H34O3. The summed E-state index contributed by atoms with van der Waals surface area (Å²) in [5.41, 5.74) is 5.74. The van der Waals surface area contributed by atoms with Crippen LogP contribution in [0.25, 0.3) is 0 Å². The van der Waals surface area contributed by atoms with Crippen LogP contribution in [0, 0.1) is 19.8 Å². The average molecular weight is 383 g/mol. The predicted octanol–water partition coefficient (Wildman–Crippen LogP) is 6.11. The Morgan fingerprint density at radius 2 is 1.71 bits per heavy atom. The second-order valence-corrected chi connectivity index (χ2v) is 8.31. The molecule has 0 bridgehead atoms. The van der Waals surface area contributed by atoms with Crippen molar-refractivity contribution in [1.29, 1.82) is 0 Å². The summed E-state index contributed by atoms with van der Waals surface area (Å²) < 4.78 is 5.76. The van der Waals surface area contributed by atoms with Crippen molar-refractivity contribution < 1.29 is 14.6 Å². The molecule has 1 unspecified atom stereocenters. The zero-order valence-electron chi connectivity index (χ0n) is 18.1. The quantitative estimate of drug-likeness (QED) is 0.569. The fourth-order valence-corrected chi connectivity index (χ4v) is 3.45. The molecule has 0 aliphatic carbocycles. The van der Waals surface area contributed by atoms with Gasteiger partial charge in [-0.15, -0.1) is 0 Å². The van der Waals surface area contributed by atoms with Crippen LogP contribution in [0.2, 0.25) is 0 Å². The standard InChI is InChI=1S/C25H34O3/c1-7-17(4)10-21(26)15-28-22-11-18(5)24(19(6)12-22)14-20-8-9-25(27)23(13-20)16(2)3/h8-9,11-13,16-17,27H,7,10,14-15H2,1-6H3. The molecule has 2 rings (SSSR count). The zero-order chi connectivity index (χ0) is 20.8. The topological polar surface area (TPSA) is 46.5 Å². The summed E-state index contributed by atoms with van der Waals surface area (Å²) in [6.07, 6.45) is 2.39. The smallest absolute Gasteiger partial charge is 0.170 e. The molecule has 2 aromatic carbocycles. The molecule has 1 N–H and O–H groups in total. The van der Waals surface area contributed by atoms with Gasteiger partial charge in [0.15, 0.2) is 5.78 Å². The van der Waals surface area contributed by atoms with Crippen LogP contribution < -0.4 is 4.74 Å². The minimum absolute atomic E-state index is 0.137. The van der Waals surface area contributed by atoms with Crippen molar-refractivity contribution in [2.75, 3.05) is 6.61 Å². The monoisotopic (exact) mass is 382 g/mol. The maximum Gasteiger partial charge on any atom is 0.170 e. The number of hydrogen-bond acceptors (Lipinski definition) is 3. The van der Waals surface area contributed by atoms with Gasteiger partial charge in [0, 0.05) is 6.42 Å². The third-order valence-electron chi connectivity index (χ3n) is 5.44. The van der Waals surface area contributed by atoms with E-state index in [0.717, 1.165) is 35.3 Å². The second-order valence-electron chi connectivity index (χ2n) is 8.31. The van der Waals surface area contributed by atoms with Gasteiger partial charge in [0.1, 0.15) is 18.1 Å². The predicted molar refractivity (Wildman–Crippen MR) is 115 cm³/mol. The first-order valence-corrected chi connectivity index (χ1v) is 10.3. The normalized spacial score (nSPS) is 12.2. The van der Waals surface area contributed by atoms with Crippen LogP contribution in [0.5, 0.6) is 11.5 Å². The minimum Gasteiger partial charge on any atom is -0.508 e. The number of aromatic hydroxyl groups is 1. The molecule has 0 saturated carbocycles. The van der Waals surface area contributed by atoms with Gasteiger partial charge in [0.05, 0.1) is 0 Å². The molecule has 152 valence electrons. The van der Waals surface area contributed by atoms with E-state index in [-0.39, 0.29) is 18.3 Å². The molecule has 0 saturated heterocycles. The summed E-state index contributed by atoms with van der Waals surface area (Å²) >= 11 is 0. The molecule has 0 aromatic heterocycles. The fraction of sp³-hybridized carbons (Fsp3) is 0.480. The number of rotatable bonds is 9. The second kappa shape index (κ2) is 9.77. The van der Waals surface area contributed by atoms with E-state index in [0.29, 0.717) is 18.1 Å². The van der Waals surface area contributed by atoms with Crippen molar-refractivity contribution in [3.63, 3.8) is 0 Å². The first-order chi connectivity index (χ1) is 13.2. The fourth-order valence-electron chi connectivity index (χ4n) is 3.45. The number of ketones is 1. The molecule has 0 radical (unpaired) electrons. The molecule has 0 aliphatic heterocycles. The Morgan fingerprint density at radius 1 is 1.07 bits per heavy atom. The number of hydrogen-bond donors (Lipinski definition) is 1. The van der Waals surface area contributed by atoms with Crippen molar-refractivity contribution in [3.8, 4) is 11.5 Å². The van der Waals surface area contributed by atoms with E-state index in [1.807, 2.05) is 18.2 Å². The Kier molecular flexibility index (Phi) is 7.68. The maximum atomic E-state index is 12.0. The lowest BCUT2D eigenvalue weighted by molar-refractivity contribution is -0.121. The van der Waals surface area contributed by atoms with Gasteiger partial charge in [0.25, 0.3) is 0 Å². The highest BCUT2D eigenvalue weighted by Crippen LogP contribution is 2.29. The van der Waals surface area contributed by atoms with Crippen molar-refractivity contribution in [1.82, 2.24) is 0 Å². The molecule has 28 heavy (non-hydrogen) atoms. The van der Waals surface area contributed by atoms with Gasteiger partial charge in [-0.1, -0.05) is 46.2 Å². The molecule has 0 aliphatic rings. The van der Waals surface area contributed by atoms with Crippen molar-refractivity contribution >= 4 is 5.78 Å². The van der Waals surface area contributed by atoms with Gasteiger partial charge >= 0.3 is 0 Å². The average Bonchev–Trinajstić information content (AvgIpc) is 2.63. The molecule has 0 fully saturated rings. The summed E-state index contributed by atoms with van der Waals surface area (Å²) in [6, 6.07) is 9.90. The van der Waals surface area contributed by atoms with Gasteiger partial charge in [-0.05, 0) is 78.1 Å². The lowest BCUT2D eigenvalue weighted by Gasteiger charge is -2.15. The van der Waals surface area contributed by atoms with E-state index in [9.17, 15) is 9.90 Å². The van der Waals surface area contributed by atoms with E-state index >= 15 is 0 Å². The van der Waals surface area contributed by atoms with E-state index in [1.165, 1.54) is 11.1 Å². The molecule has 0 heterocycles. The first-order valence-electron chi connectivity index (χ1n) is 10.3. The lowest BCUT2D eigenvalue weighted by Crippen LogP contribution is -2.14. The lowest BCUT2D eigenvalue weighted by atomic mass is 9.93. The molecule has 0 amide bonds. The highest BCUT2D eigenvalue weighted by molar-refractivity contribution is 5.80. The number of aryl methyl sites for hydroxylation is 2. The number of phenols is 1. The van der Waals surface area contributed by atoms with Crippen molar-refractivity contribution in [2.24, 2.45) is 5.92 Å². The number of carbonyl (C=O) groups excluding carboxylic acids is 1. The molecular weight excluding hydrogens is 348 g/mol. The van der Waals surface area contributed by atoms with Crippen LogP contribution in [0.4, 0.5) is 0 Å². The third-order valence-corrected chi connectivity index (χ3v) is 5.44. The Balaban J connectivity index is 2.12. The molecule has 3 heteroatoms. The van der Waals surface area contributed by atoms with Gasteiger partial charge in [-0.3, -0.25) is 4.79 Å². The molecule has 3 nitrogen and oxygen atoms in total. The Labute approximate surface area is 169 Å². The zero-order valence-corrected chi connectivity index (χ0v) is 18.1. The summed E-state index contributed by atoms with van der Waals surface area (Å²) in [4.78, 5) is 12.0. The van der Waals surface area contributed by atoms with E-state index < -0.39 is 0 Å². The highest BCUT2D eigenvalue weighted by atomic mass is 16.5. The van der Waals surface area contributed by atoms with Crippen LogP contribution in [0.3, 0.4) is 0 Å². The third kappa shape index (κ3) is 5.85. The summed E-state index contributed by atoms with van der Waals surface area (Å²) in [6.45, 7) is 12.7. The summed E-state index contributed by atoms with van der Waals surface area (Å²) in [7, 11) is 0. The van der Waals surface area contributed by atoms with Crippen LogP contribution in [0.15, 0.2) is 30.3 Å². The van der Waals surface area contributed by atoms with Crippen LogP contribution in [-0.4, -0.2) is 17.5 Å². The van der Waals surface area contributed by atoms with Gasteiger partial charge in [-0.2, -0.15) is 0 Å². The van der Waals surface area contributed by atoms with Gasteiger partial charge < -0.3 is 9.84 Å². The van der Waals surface area contributed by atoms with E-state index in [1.54, 1.807) is 6.07 Å². The van der Waals surface area contributed by atoms with Crippen LogP contribution in [-0.2, 0) is 11.2 Å². The maximum absolute atomic E-state index is 12.0. The largest absolute Gasteiger partial charge is 0.508 e. The van der Waals surface area contributed by atoms with Crippen molar-refractivity contribution in [2.45, 2.75) is 66.7 Å². The number of ether oxygens (including phenoxy) is 1. The van der Waals surface area contributed by atoms with E-state index in [2.05, 4.69) is 47.6 Å². The molecule has 1 atom stereocenters. The van der Waals surface area contributed by atoms with E-state index in [4.69, 9.17) is 4.74 Å². The minimum atomic E-state index is 0.137. The van der Waals surface area contributed by atoms with Gasteiger partial charge in [-0.25, -0.2) is 0 Å². The molecule has 0 spiro atoms. The summed E-state index contributed by atoms with van der Waals surface area (Å²) in [5.74, 6) is 1.95. The number of carbonyl (C=O) groups is 1. The Morgan fingerprint density at radius 3 is 2.29 bits per heavy atom.